The Kier molecular flexibility index (Phi) is 10.2. The predicted molar refractivity (Wildman–Crippen MR) is 131 cm³/mol. The number of rotatable bonds is 12. The molecule has 2 rings (SSSR count). The van der Waals surface area contributed by atoms with Crippen molar-refractivity contribution in [1.82, 2.24) is 0 Å². The average Bonchev–Trinajstić information content (AvgIpc) is 2.86. The first-order chi connectivity index (χ1) is 16.8. The van der Waals surface area contributed by atoms with Crippen molar-refractivity contribution in [3.8, 4) is 23.0 Å². The van der Waals surface area contributed by atoms with Gasteiger partial charge in [-0.05, 0) is 66.1 Å². The van der Waals surface area contributed by atoms with Crippen LogP contribution in [0, 0.1) is 4.91 Å². The molecule has 0 radical (unpaired) electrons. The third kappa shape index (κ3) is 7.85. The van der Waals surface area contributed by atoms with Crippen LogP contribution in [0.4, 0.5) is 0 Å². The number of aromatic hydroxyl groups is 2. The lowest BCUT2D eigenvalue weighted by molar-refractivity contribution is -0.143. The summed E-state index contributed by atoms with van der Waals surface area (Å²) in [7, 11) is 2.81. The Morgan fingerprint density at radius 2 is 1.43 bits per heavy atom. The SMILES string of the molecule is CCOC(=O)CC/C(C(=O)/C=C/c1ccc(O)c(OC)c1)=C(\C=C\c1ccc(O)c(OC)c1)N=O. The highest BCUT2D eigenvalue weighted by molar-refractivity contribution is 6.07. The number of hydrogen-bond donors (Lipinski definition) is 2. The van der Waals surface area contributed by atoms with Crippen molar-refractivity contribution in [1.29, 1.82) is 0 Å². The van der Waals surface area contributed by atoms with Crippen molar-refractivity contribution in [2.45, 2.75) is 19.8 Å². The molecule has 0 aliphatic heterocycles. The highest BCUT2D eigenvalue weighted by atomic mass is 16.5. The van der Waals surface area contributed by atoms with Gasteiger partial charge in [-0.2, -0.15) is 0 Å². The number of nitroso groups, excluding NO2 is 1. The molecule has 0 saturated heterocycles. The number of benzene rings is 2. The minimum atomic E-state index is -0.524. The zero-order valence-corrected chi connectivity index (χ0v) is 19.7. The van der Waals surface area contributed by atoms with Gasteiger partial charge in [-0.25, -0.2) is 0 Å². The van der Waals surface area contributed by atoms with Crippen LogP contribution in [-0.2, 0) is 14.3 Å². The molecule has 0 aliphatic carbocycles. The van der Waals surface area contributed by atoms with E-state index >= 15 is 0 Å². The van der Waals surface area contributed by atoms with Crippen LogP contribution in [0.3, 0.4) is 0 Å². The summed E-state index contributed by atoms with van der Waals surface area (Å²) >= 11 is 0. The van der Waals surface area contributed by atoms with Gasteiger partial charge in [-0.1, -0.05) is 24.3 Å². The molecular formula is C26H27NO8. The van der Waals surface area contributed by atoms with E-state index in [2.05, 4.69) is 5.18 Å². The van der Waals surface area contributed by atoms with E-state index in [0.29, 0.717) is 11.1 Å². The summed E-state index contributed by atoms with van der Waals surface area (Å²) in [6, 6.07) is 9.12. The second-order valence-corrected chi connectivity index (χ2v) is 7.15. The number of phenolic OH excluding ortho intramolecular Hbond substituents is 2. The second-order valence-electron chi connectivity index (χ2n) is 7.15. The van der Waals surface area contributed by atoms with E-state index < -0.39 is 11.8 Å². The number of ether oxygens (including phenoxy) is 3. The molecule has 184 valence electrons. The van der Waals surface area contributed by atoms with E-state index in [1.165, 1.54) is 56.7 Å². The quantitative estimate of drug-likeness (QED) is 0.192. The molecule has 0 aliphatic rings. The Bertz CT molecular complexity index is 1160. The van der Waals surface area contributed by atoms with Gasteiger partial charge in [0.15, 0.2) is 28.8 Å². The Morgan fingerprint density at radius 1 is 0.886 bits per heavy atom. The fraction of sp³-hybridized carbons (Fsp3) is 0.231. The van der Waals surface area contributed by atoms with Gasteiger partial charge in [0.25, 0.3) is 0 Å². The molecule has 0 fully saturated rings. The highest BCUT2D eigenvalue weighted by Crippen LogP contribution is 2.28. The summed E-state index contributed by atoms with van der Waals surface area (Å²) < 4.78 is 15.1. The molecule has 0 unspecified atom stereocenters. The van der Waals surface area contributed by atoms with Gasteiger partial charge < -0.3 is 24.4 Å². The fourth-order valence-corrected chi connectivity index (χ4v) is 3.07. The van der Waals surface area contributed by atoms with Gasteiger partial charge in [-0.3, -0.25) is 9.59 Å². The lowest BCUT2D eigenvalue weighted by Crippen LogP contribution is -2.08. The minimum Gasteiger partial charge on any atom is -0.504 e. The maximum absolute atomic E-state index is 13.0. The summed E-state index contributed by atoms with van der Waals surface area (Å²) in [5.41, 5.74) is 1.03. The van der Waals surface area contributed by atoms with Crippen LogP contribution in [0.15, 0.2) is 65.0 Å². The lowest BCUT2D eigenvalue weighted by atomic mass is 10.0. The number of allylic oxidation sites excluding steroid dienone is 3. The van der Waals surface area contributed by atoms with E-state index in [0.717, 1.165) is 0 Å². The van der Waals surface area contributed by atoms with Crippen LogP contribution in [0.1, 0.15) is 30.9 Å². The van der Waals surface area contributed by atoms with Crippen molar-refractivity contribution in [3.63, 3.8) is 0 Å². The first kappa shape index (κ1) is 26.8. The Morgan fingerprint density at radius 3 is 1.91 bits per heavy atom. The number of phenols is 2. The highest BCUT2D eigenvalue weighted by Gasteiger charge is 2.16. The van der Waals surface area contributed by atoms with Gasteiger partial charge in [0.2, 0.25) is 0 Å². The summed E-state index contributed by atoms with van der Waals surface area (Å²) in [5, 5.41) is 22.5. The van der Waals surface area contributed by atoms with Crippen LogP contribution in [0.25, 0.3) is 12.2 Å². The van der Waals surface area contributed by atoms with E-state index in [1.807, 2.05) is 0 Å². The molecule has 0 spiro atoms. The van der Waals surface area contributed by atoms with Crippen LogP contribution in [-0.4, -0.2) is 42.8 Å². The largest absolute Gasteiger partial charge is 0.504 e. The zero-order chi connectivity index (χ0) is 25.8. The maximum atomic E-state index is 13.0. The predicted octanol–water partition coefficient (Wildman–Crippen LogP) is 4.77. The molecule has 2 N–H and O–H groups in total. The maximum Gasteiger partial charge on any atom is 0.306 e. The number of esters is 1. The molecule has 0 amide bonds. The van der Waals surface area contributed by atoms with E-state index in [1.54, 1.807) is 25.1 Å². The molecule has 9 heteroatoms. The normalized spacial score (nSPS) is 11.9. The smallest absolute Gasteiger partial charge is 0.306 e. The molecule has 35 heavy (non-hydrogen) atoms. The summed E-state index contributed by atoms with van der Waals surface area (Å²) in [4.78, 5) is 36.5. The molecule has 9 nitrogen and oxygen atoms in total. The number of carbonyl (C=O) groups is 2. The first-order valence-electron chi connectivity index (χ1n) is 10.7. The summed E-state index contributed by atoms with van der Waals surface area (Å²) in [6.45, 7) is 1.86. The van der Waals surface area contributed by atoms with Crippen molar-refractivity contribution < 1.29 is 34.0 Å². The fourth-order valence-electron chi connectivity index (χ4n) is 3.07. The molecule has 2 aromatic carbocycles. The van der Waals surface area contributed by atoms with Crippen molar-refractivity contribution in [3.05, 3.63) is 75.9 Å². The third-order valence-electron chi connectivity index (χ3n) is 4.86. The molecule has 0 aromatic heterocycles. The molecule has 0 bridgehead atoms. The van der Waals surface area contributed by atoms with Crippen LogP contribution >= 0.6 is 0 Å². The number of carbonyl (C=O) groups excluding carboxylic acids is 2. The van der Waals surface area contributed by atoms with E-state index in [9.17, 15) is 24.7 Å². The second kappa shape index (κ2) is 13.3. The van der Waals surface area contributed by atoms with Crippen LogP contribution in [0.5, 0.6) is 23.0 Å². The van der Waals surface area contributed by atoms with Gasteiger partial charge >= 0.3 is 5.97 Å². The summed E-state index contributed by atoms with van der Waals surface area (Å²) in [5.74, 6) is -0.654. The van der Waals surface area contributed by atoms with Crippen LogP contribution < -0.4 is 9.47 Å². The number of methoxy groups -OCH3 is 2. The molecule has 0 atom stereocenters. The Hall–Kier alpha value is -4.40. The molecule has 2 aromatic rings. The van der Waals surface area contributed by atoms with Gasteiger partial charge in [0.1, 0.15) is 5.70 Å². The third-order valence-corrected chi connectivity index (χ3v) is 4.86. The molecular weight excluding hydrogens is 454 g/mol. The zero-order valence-electron chi connectivity index (χ0n) is 19.7. The van der Waals surface area contributed by atoms with E-state index in [4.69, 9.17) is 14.2 Å². The Labute approximate surface area is 202 Å². The minimum absolute atomic E-state index is 0.0250. The van der Waals surface area contributed by atoms with Crippen molar-refractivity contribution >= 4 is 23.9 Å². The monoisotopic (exact) mass is 481 g/mol. The van der Waals surface area contributed by atoms with E-state index in [-0.39, 0.29) is 53.7 Å². The average molecular weight is 482 g/mol. The topological polar surface area (TPSA) is 132 Å². The molecule has 0 heterocycles. The standard InChI is InChI=1S/C26H27NO8/c1-4-35-26(31)14-9-19(21(28)11-6-18-8-13-23(30)25(16-18)34-3)20(27-32)10-5-17-7-12-22(29)24(15-17)33-2/h5-8,10-13,15-16,29-30H,4,9,14H2,1-3H3/b10-5+,11-6+,20-19-. The number of hydrogen-bond acceptors (Lipinski definition) is 9. The van der Waals surface area contributed by atoms with Gasteiger partial charge in [0, 0.05) is 12.0 Å². The number of nitrogens with zero attached hydrogens (tertiary/aromatic N) is 1. The van der Waals surface area contributed by atoms with Gasteiger partial charge in [0.05, 0.1) is 20.8 Å². The number of ketones is 1. The Balaban J connectivity index is 2.39. The lowest BCUT2D eigenvalue weighted by Gasteiger charge is -2.07. The van der Waals surface area contributed by atoms with Gasteiger partial charge in [-0.15, -0.1) is 4.91 Å². The summed E-state index contributed by atoms with van der Waals surface area (Å²) in [6.07, 6.45) is 5.45. The molecule has 0 saturated carbocycles. The van der Waals surface area contributed by atoms with Crippen molar-refractivity contribution in [2.75, 3.05) is 20.8 Å². The van der Waals surface area contributed by atoms with Crippen molar-refractivity contribution in [2.24, 2.45) is 5.18 Å². The van der Waals surface area contributed by atoms with Crippen LogP contribution in [0.2, 0.25) is 0 Å². The first-order valence-corrected chi connectivity index (χ1v) is 10.7.